The lowest BCUT2D eigenvalue weighted by Gasteiger charge is -2.16. The molecule has 5 rings (SSSR count). The fourth-order valence-corrected chi connectivity index (χ4v) is 3.73. The van der Waals surface area contributed by atoms with Crippen molar-refractivity contribution < 1.29 is 4.79 Å². The number of hydrogen-bond acceptors (Lipinski definition) is 6. The average molecular weight is 437 g/mol. The molecular formula is C23H22BN8O. The Hall–Kier alpha value is -4.21. The van der Waals surface area contributed by atoms with Gasteiger partial charge < -0.3 is 15.6 Å². The molecule has 0 fully saturated rings. The van der Waals surface area contributed by atoms with Crippen molar-refractivity contribution >= 4 is 41.5 Å². The highest BCUT2D eigenvalue weighted by molar-refractivity contribution is 6.85. The topological polar surface area (TPSA) is 113 Å². The van der Waals surface area contributed by atoms with Crippen LogP contribution in [0.1, 0.15) is 25.5 Å². The van der Waals surface area contributed by atoms with Crippen LogP contribution in [0.25, 0.3) is 22.3 Å². The minimum absolute atomic E-state index is 0.0581. The molecule has 4 heterocycles. The van der Waals surface area contributed by atoms with Gasteiger partial charge in [-0.1, -0.05) is 12.1 Å². The molecule has 0 saturated heterocycles. The van der Waals surface area contributed by atoms with Crippen LogP contribution in [0.3, 0.4) is 0 Å². The van der Waals surface area contributed by atoms with Crippen molar-refractivity contribution in [1.29, 1.82) is 0 Å². The molecule has 1 aromatic carbocycles. The SMILES string of the molecule is CC1=NC=C(C(=O)Nc2cccc(C(C)Nc3cnc4[nH]cc(-c5cnn(C)c5)c4n3)c2)[B]1. The number of aromatic nitrogens is 5. The first-order valence-electron chi connectivity index (χ1n) is 10.6. The maximum Gasteiger partial charge on any atom is 0.244 e. The second-order valence-corrected chi connectivity index (χ2v) is 8.00. The van der Waals surface area contributed by atoms with Gasteiger partial charge in [0.1, 0.15) is 11.3 Å². The first-order chi connectivity index (χ1) is 16.0. The van der Waals surface area contributed by atoms with E-state index in [0.717, 1.165) is 33.5 Å². The molecule has 10 heteroatoms. The summed E-state index contributed by atoms with van der Waals surface area (Å²) in [6, 6.07) is 7.67. The van der Waals surface area contributed by atoms with E-state index in [4.69, 9.17) is 4.98 Å². The number of aliphatic imine (C=N–C) groups is 1. The molecule has 33 heavy (non-hydrogen) atoms. The lowest BCUT2D eigenvalue weighted by Crippen LogP contribution is -2.19. The number of aryl methyl sites for hydroxylation is 1. The summed E-state index contributed by atoms with van der Waals surface area (Å²) in [5.41, 5.74) is 6.51. The Balaban J connectivity index is 1.33. The molecule has 9 nitrogen and oxygen atoms in total. The fraction of sp³-hybridized carbons (Fsp3) is 0.174. The van der Waals surface area contributed by atoms with Crippen LogP contribution in [0.4, 0.5) is 11.5 Å². The molecule has 1 unspecified atom stereocenters. The number of fused-ring (bicyclic) bond motifs is 1. The lowest BCUT2D eigenvalue weighted by molar-refractivity contribution is -0.112. The summed E-state index contributed by atoms with van der Waals surface area (Å²) in [6.45, 7) is 3.90. The Kier molecular flexibility index (Phi) is 5.25. The molecule has 4 aromatic rings. The second kappa shape index (κ2) is 8.38. The molecule has 1 amide bonds. The zero-order valence-corrected chi connectivity index (χ0v) is 18.5. The summed E-state index contributed by atoms with van der Waals surface area (Å²) < 4.78 is 1.76. The summed E-state index contributed by atoms with van der Waals surface area (Å²) >= 11 is 0. The first-order valence-corrected chi connectivity index (χ1v) is 10.6. The zero-order valence-electron chi connectivity index (χ0n) is 18.5. The van der Waals surface area contributed by atoms with Gasteiger partial charge in [0, 0.05) is 47.9 Å². The van der Waals surface area contributed by atoms with Gasteiger partial charge in [0.2, 0.25) is 13.2 Å². The number of carbonyl (C=O) groups excluding carboxylic acids is 1. The van der Waals surface area contributed by atoms with Crippen LogP contribution in [0.5, 0.6) is 0 Å². The quantitative estimate of drug-likeness (QED) is 0.400. The van der Waals surface area contributed by atoms with E-state index in [-0.39, 0.29) is 11.9 Å². The Labute approximate surface area is 191 Å². The average Bonchev–Trinajstić information content (AvgIpc) is 3.53. The van der Waals surface area contributed by atoms with Gasteiger partial charge in [0.25, 0.3) is 0 Å². The third kappa shape index (κ3) is 4.27. The van der Waals surface area contributed by atoms with Crippen LogP contribution in [-0.4, -0.2) is 43.5 Å². The van der Waals surface area contributed by atoms with Gasteiger partial charge in [-0.3, -0.25) is 14.5 Å². The van der Waals surface area contributed by atoms with Crippen molar-refractivity contribution in [2.75, 3.05) is 10.6 Å². The van der Waals surface area contributed by atoms with E-state index in [9.17, 15) is 4.79 Å². The van der Waals surface area contributed by atoms with Crippen molar-refractivity contribution in [3.05, 3.63) is 66.3 Å². The third-order valence-corrected chi connectivity index (χ3v) is 5.44. The van der Waals surface area contributed by atoms with Crippen LogP contribution in [0, 0.1) is 0 Å². The zero-order chi connectivity index (χ0) is 22.9. The molecule has 0 saturated carbocycles. The van der Waals surface area contributed by atoms with Crippen molar-refractivity contribution in [2.24, 2.45) is 12.0 Å². The van der Waals surface area contributed by atoms with Crippen LogP contribution in [0.15, 0.2) is 65.7 Å². The number of nitrogens with zero attached hydrogens (tertiary/aromatic N) is 5. The highest BCUT2D eigenvalue weighted by atomic mass is 16.1. The molecule has 163 valence electrons. The van der Waals surface area contributed by atoms with Crippen molar-refractivity contribution in [2.45, 2.75) is 19.9 Å². The van der Waals surface area contributed by atoms with E-state index >= 15 is 0 Å². The van der Waals surface area contributed by atoms with Crippen molar-refractivity contribution in [3.63, 3.8) is 0 Å². The molecule has 1 aliphatic rings. The largest absolute Gasteiger partial charge is 0.362 e. The number of amides is 1. The summed E-state index contributed by atoms with van der Waals surface area (Å²) in [5.74, 6) is 0.479. The Bertz CT molecular complexity index is 1420. The van der Waals surface area contributed by atoms with Gasteiger partial charge >= 0.3 is 0 Å². The van der Waals surface area contributed by atoms with Crippen molar-refractivity contribution in [3.8, 4) is 11.1 Å². The van der Waals surface area contributed by atoms with E-state index in [1.165, 1.54) is 0 Å². The molecule has 1 aliphatic heterocycles. The van der Waals surface area contributed by atoms with Gasteiger partial charge in [-0.15, -0.1) is 0 Å². The summed E-state index contributed by atoms with van der Waals surface area (Å²) in [6.07, 6.45) is 8.93. The van der Waals surface area contributed by atoms with E-state index in [2.05, 4.69) is 30.7 Å². The number of hydrogen-bond donors (Lipinski definition) is 3. The molecule has 1 radical (unpaired) electrons. The Morgan fingerprint density at radius 2 is 2.15 bits per heavy atom. The molecule has 3 aromatic heterocycles. The maximum absolute atomic E-state index is 12.5. The summed E-state index contributed by atoms with van der Waals surface area (Å²) in [4.78, 5) is 29.0. The summed E-state index contributed by atoms with van der Waals surface area (Å²) in [5, 5.41) is 10.6. The summed E-state index contributed by atoms with van der Waals surface area (Å²) in [7, 11) is 3.64. The number of carbonyl (C=O) groups is 1. The standard InChI is InChI=1S/C23H22BN8O/c1-13(15-5-4-6-17(7-15)30-23(33)19-10-25-14(2)24-19)29-20-11-27-22-21(31-20)18(9-26-22)16-8-28-32(3)12-16/h4-13H,1-3H3,(H,26,27)(H,29,31)(H,30,33). The smallest absolute Gasteiger partial charge is 0.244 e. The minimum atomic E-state index is -0.180. The monoisotopic (exact) mass is 437 g/mol. The van der Waals surface area contributed by atoms with Crippen LogP contribution >= 0.6 is 0 Å². The van der Waals surface area contributed by atoms with Crippen molar-refractivity contribution in [1.82, 2.24) is 24.7 Å². The number of nitrogens with one attached hydrogen (secondary N) is 3. The van der Waals surface area contributed by atoms with Gasteiger partial charge in [0.05, 0.1) is 18.4 Å². The third-order valence-electron chi connectivity index (χ3n) is 5.44. The van der Waals surface area contributed by atoms with Gasteiger partial charge in [-0.05, 0) is 37.2 Å². The number of anilines is 2. The highest BCUT2D eigenvalue weighted by Gasteiger charge is 2.17. The lowest BCUT2D eigenvalue weighted by atomic mass is 9.67. The molecule has 3 N–H and O–H groups in total. The van der Waals surface area contributed by atoms with Crippen LogP contribution in [0.2, 0.25) is 0 Å². The van der Waals surface area contributed by atoms with E-state index in [0.29, 0.717) is 16.9 Å². The minimum Gasteiger partial charge on any atom is -0.362 e. The Morgan fingerprint density at radius 1 is 1.27 bits per heavy atom. The maximum atomic E-state index is 12.5. The van der Waals surface area contributed by atoms with E-state index in [1.54, 1.807) is 30.6 Å². The number of benzene rings is 1. The fourth-order valence-electron chi connectivity index (χ4n) is 3.73. The van der Waals surface area contributed by atoms with Gasteiger partial charge in [0.15, 0.2) is 5.65 Å². The van der Waals surface area contributed by atoms with Gasteiger partial charge in [-0.2, -0.15) is 5.10 Å². The van der Waals surface area contributed by atoms with Crippen LogP contribution in [-0.2, 0) is 11.8 Å². The molecule has 0 aliphatic carbocycles. The first kappa shape index (κ1) is 20.7. The van der Waals surface area contributed by atoms with E-state index < -0.39 is 0 Å². The molecule has 1 atom stereocenters. The predicted molar refractivity (Wildman–Crippen MR) is 130 cm³/mol. The normalized spacial score (nSPS) is 13.9. The number of H-pyrrole nitrogens is 1. The second-order valence-electron chi connectivity index (χ2n) is 8.00. The number of aromatic amines is 1. The predicted octanol–water partition coefficient (Wildman–Crippen LogP) is 3.45. The van der Waals surface area contributed by atoms with Crippen LogP contribution < -0.4 is 10.6 Å². The van der Waals surface area contributed by atoms with Gasteiger partial charge in [-0.25, -0.2) is 9.97 Å². The molecular weight excluding hydrogens is 415 g/mol. The Morgan fingerprint density at radius 3 is 2.91 bits per heavy atom. The molecule has 0 spiro atoms. The highest BCUT2D eigenvalue weighted by Crippen LogP contribution is 2.28. The number of rotatable bonds is 6. The van der Waals surface area contributed by atoms with E-state index in [1.807, 2.05) is 57.6 Å². The molecule has 0 bridgehead atoms.